The third-order valence-corrected chi connectivity index (χ3v) is 2.74. The first kappa shape index (κ1) is 10.4. The number of carbonyl (C=O) groups is 1. The maximum Gasteiger partial charge on any atom is 0.323 e. The van der Waals surface area contributed by atoms with Crippen LogP contribution in [0.4, 0.5) is 0 Å². The summed E-state index contributed by atoms with van der Waals surface area (Å²) in [5.41, 5.74) is 4.88. The summed E-state index contributed by atoms with van der Waals surface area (Å²) in [7, 11) is 0. The van der Waals surface area contributed by atoms with Crippen LogP contribution < -0.4 is 5.73 Å². The molecule has 76 valence electrons. The Balaban J connectivity index is 2.64. The summed E-state index contributed by atoms with van der Waals surface area (Å²) in [6.07, 6.45) is -0.349. The van der Waals surface area contributed by atoms with E-state index in [1.807, 2.05) is 6.92 Å². The van der Waals surface area contributed by atoms with Crippen LogP contribution in [0.2, 0.25) is 0 Å². The molecule has 1 aliphatic rings. The van der Waals surface area contributed by atoms with Gasteiger partial charge in [-0.3, -0.25) is 4.79 Å². The van der Waals surface area contributed by atoms with Crippen LogP contribution in [0.3, 0.4) is 0 Å². The van der Waals surface area contributed by atoms with Crippen LogP contribution in [0, 0.1) is 5.41 Å². The molecule has 2 unspecified atom stereocenters. The van der Waals surface area contributed by atoms with Crippen LogP contribution in [-0.2, 0) is 9.53 Å². The molecule has 5 nitrogen and oxygen atoms in total. The van der Waals surface area contributed by atoms with Crippen molar-refractivity contribution in [2.45, 2.75) is 25.5 Å². The molecule has 13 heavy (non-hydrogen) atoms. The summed E-state index contributed by atoms with van der Waals surface area (Å²) in [4.78, 5) is 10.5. The molecule has 1 saturated heterocycles. The molecule has 1 aliphatic heterocycles. The lowest BCUT2D eigenvalue weighted by atomic mass is 9.75. The highest BCUT2D eigenvalue weighted by atomic mass is 16.5. The minimum Gasteiger partial charge on any atom is -0.480 e. The van der Waals surface area contributed by atoms with Gasteiger partial charge in [0, 0.05) is 5.41 Å². The average molecular weight is 189 g/mol. The highest BCUT2D eigenvalue weighted by molar-refractivity contribution is 5.74. The number of carboxylic acid groups (broad SMARTS) is 1. The normalized spacial score (nSPS) is 24.5. The summed E-state index contributed by atoms with van der Waals surface area (Å²) in [5.74, 6) is -1.17. The van der Waals surface area contributed by atoms with E-state index in [4.69, 9.17) is 15.6 Å². The van der Waals surface area contributed by atoms with Gasteiger partial charge < -0.3 is 20.7 Å². The van der Waals surface area contributed by atoms with E-state index in [0.29, 0.717) is 19.6 Å². The van der Waals surface area contributed by atoms with Crippen LogP contribution in [-0.4, -0.2) is 41.5 Å². The fourth-order valence-corrected chi connectivity index (χ4v) is 1.46. The third-order valence-electron chi connectivity index (χ3n) is 2.74. The lowest BCUT2D eigenvalue weighted by Gasteiger charge is -2.45. The Labute approximate surface area is 76.5 Å². The van der Waals surface area contributed by atoms with Crippen molar-refractivity contribution < 1.29 is 19.7 Å². The molecule has 5 heteroatoms. The van der Waals surface area contributed by atoms with Gasteiger partial charge in [0.25, 0.3) is 0 Å². The van der Waals surface area contributed by atoms with Gasteiger partial charge in [-0.25, -0.2) is 0 Å². The van der Waals surface area contributed by atoms with Crippen LogP contribution in [0.1, 0.15) is 13.3 Å². The number of aliphatic carboxylic acids is 1. The molecule has 0 aromatic carbocycles. The van der Waals surface area contributed by atoms with E-state index in [1.54, 1.807) is 0 Å². The minimum absolute atomic E-state index is 0.394. The Morgan fingerprint density at radius 2 is 2.23 bits per heavy atom. The Bertz CT molecular complexity index is 197. The SMILES string of the molecule is CCC1(C(O)C(N)C(=O)O)COC1. The predicted molar refractivity (Wildman–Crippen MR) is 45.2 cm³/mol. The average Bonchev–Trinajstić information content (AvgIpc) is 2.01. The molecular formula is C8H15NO4. The number of aliphatic hydroxyl groups excluding tert-OH is 1. The lowest BCUT2D eigenvalue weighted by Crippen LogP contribution is -2.59. The van der Waals surface area contributed by atoms with Gasteiger partial charge in [0.1, 0.15) is 6.04 Å². The minimum atomic E-state index is -1.22. The molecule has 0 saturated carbocycles. The van der Waals surface area contributed by atoms with Crippen molar-refractivity contribution in [3.63, 3.8) is 0 Å². The molecule has 2 atom stereocenters. The zero-order valence-corrected chi connectivity index (χ0v) is 7.56. The van der Waals surface area contributed by atoms with Crippen LogP contribution in [0.15, 0.2) is 0 Å². The number of rotatable bonds is 4. The van der Waals surface area contributed by atoms with Gasteiger partial charge in [-0.15, -0.1) is 0 Å². The molecule has 0 spiro atoms. The van der Waals surface area contributed by atoms with Crippen molar-refractivity contribution in [1.29, 1.82) is 0 Å². The molecule has 4 N–H and O–H groups in total. The first-order valence-corrected chi connectivity index (χ1v) is 4.28. The number of aliphatic hydroxyl groups is 1. The van der Waals surface area contributed by atoms with Crippen molar-refractivity contribution in [2.24, 2.45) is 11.1 Å². The van der Waals surface area contributed by atoms with Crippen molar-refractivity contribution in [1.82, 2.24) is 0 Å². The molecule has 1 rings (SSSR count). The first-order chi connectivity index (χ1) is 6.03. The Morgan fingerprint density at radius 3 is 2.46 bits per heavy atom. The molecule has 0 amide bonds. The fraction of sp³-hybridized carbons (Fsp3) is 0.875. The standard InChI is InChI=1S/C8H15NO4/c1-2-8(3-13-4-8)6(10)5(9)7(11)12/h5-6,10H,2-4,9H2,1H3,(H,11,12). The summed E-state index contributed by atoms with van der Waals surface area (Å²) in [6.45, 7) is 2.68. The van der Waals surface area contributed by atoms with Crippen molar-refractivity contribution in [2.75, 3.05) is 13.2 Å². The van der Waals surface area contributed by atoms with Crippen LogP contribution in [0.5, 0.6) is 0 Å². The number of nitrogens with two attached hydrogens (primary N) is 1. The van der Waals surface area contributed by atoms with E-state index >= 15 is 0 Å². The summed E-state index contributed by atoms with van der Waals surface area (Å²) in [6, 6.07) is -1.22. The highest BCUT2D eigenvalue weighted by Crippen LogP contribution is 2.36. The smallest absolute Gasteiger partial charge is 0.323 e. The number of hydrogen-bond donors (Lipinski definition) is 3. The molecule has 0 aliphatic carbocycles. The lowest BCUT2D eigenvalue weighted by molar-refractivity contribution is -0.184. The van der Waals surface area contributed by atoms with Gasteiger partial charge in [-0.05, 0) is 6.42 Å². The zero-order chi connectivity index (χ0) is 10.1. The molecular weight excluding hydrogens is 174 g/mol. The quantitative estimate of drug-likeness (QED) is 0.537. The fourth-order valence-electron chi connectivity index (χ4n) is 1.46. The van der Waals surface area contributed by atoms with Gasteiger partial charge >= 0.3 is 5.97 Å². The first-order valence-electron chi connectivity index (χ1n) is 4.28. The second-order valence-corrected chi connectivity index (χ2v) is 3.52. The third kappa shape index (κ3) is 1.67. The van der Waals surface area contributed by atoms with Crippen molar-refractivity contribution >= 4 is 5.97 Å². The molecule has 1 heterocycles. The van der Waals surface area contributed by atoms with Gasteiger partial charge in [-0.2, -0.15) is 0 Å². The van der Waals surface area contributed by atoms with Gasteiger partial charge in [-0.1, -0.05) is 6.92 Å². The second kappa shape index (κ2) is 3.61. The number of carboxylic acids is 1. The monoisotopic (exact) mass is 189 g/mol. The van der Waals surface area contributed by atoms with Crippen molar-refractivity contribution in [3.05, 3.63) is 0 Å². The molecule has 0 aromatic heterocycles. The number of hydrogen-bond acceptors (Lipinski definition) is 4. The van der Waals surface area contributed by atoms with Crippen LogP contribution in [0.25, 0.3) is 0 Å². The molecule has 0 aromatic rings. The van der Waals surface area contributed by atoms with E-state index in [0.717, 1.165) is 0 Å². The van der Waals surface area contributed by atoms with E-state index < -0.39 is 23.5 Å². The van der Waals surface area contributed by atoms with Gasteiger partial charge in [0.15, 0.2) is 0 Å². The Kier molecular flexibility index (Phi) is 2.90. The summed E-state index contributed by atoms with van der Waals surface area (Å²) >= 11 is 0. The molecule has 0 bridgehead atoms. The predicted octanol–water partition coefficient (Wildman–Crippen LogP) is -0.814. The number of ether oxygens (including phenoxy) is 1. The Morgan fingerprint density at radius 1 is 1.69 bits per heavy atom. The zero-order valence-electron chi connectivity index (χ0n) is 7.56. The largest absolute Gasteiger partial charge is 0.480 e. The van der Waals surface area contributed by atoms with E-state index in [-0.39, 0.29) is 0 Å². The maximum absolute atomic E-state index is 10.5. The summed E-state index contributed by atoms with van der Waals surface area (Å²) in [5, 5.41) is 18.3. The van der Waals surface area contributed by atoms with E-state index in [2.05, 4.69) is 0 Å². The van der Waals surface area contributed by atoms with Crippen molar-refractivity contribution in [3.8, 4) is 0 Å². The summed E-state index contributed by atoms with van der Waals surface area (Å²) < 4.78 is 4.97. The topological polar surface area (TPSA) is 92.8 Å². The van der Waals surface area contributed by atoms with E-state index in [9.17, 15) is 9.90 Å². The maximum atomic E-state index is 10.5. The van der Waals surface area contributed by atoms with Crippen LogP contribution >= 0.6 is 0 Å². The molecule has 0 radical (unpaired) electrons. The van der Waals surface area contributed by atoms with E-state index in [1.165, 1.54) is 0 Å². The second-order valence-electron chi connectivity index (χ2n) is 3.52. The Hall–Kier alpha value is -0.650. The van der Waals surface area contributed by atoms with Gasteiger partial charge in [0.05, 0.1) is 19.3 Å². The molecule has 1 fully saturated rings. The van der Waals surface area contributed by atoms with Gasteiger partial charge in [0.2, 0.25) is 0 Å². The highest BCUT2D eigenvalue weighted by Gasteiger charge is 2.47.